The molecule has 0 bridgehead atoms. The quantitative estimate of drug-likeness (QED) is 0.720. The normalized spacial score (nSPS) is 21.5. The Bertz CT molecular complexity index is 1070. The highest BCUT2D eigenvalue weighted by molar-refractivity contribution is 6.16. The molecule has 0 aliphatic carbocycles. The second-order valence-electron chi connectivity index (χ2n) is 7.55. The Morgan fingerprint density at radius 2 is 1.83 bits per heavy atom. The van der Waals surface area contributed by atoms with Gasteiger partial charge in [-0.1, -0.05) is 59.7 Å². The van der Waals surface area contributed by atoms with Crippen molar-refractivity contribution in [3.05, 3.63) is 77.2 Å². The molecular weight excluding hydrogens is 380 g/mol. The van der Waals surface area contributed by atoms with Gasteiger partial charge in [0.1, 0.15) is 0 Å². The Balaban J connectivity index is 1.46. The van der Waals surface area contributed by atoms with Gasteiger partial charge in [0.05, 0.1) is 18.2 Å². The lowest BCUT2D eigenvalue weighted by atomic mass is 9.96. The minimum Gasteiger partial charge on any atom is -0.408 e. The molecule has 0 saturated carbocycles. The number of ether oxygens (including phenoxy) is 1. The van der Waals surface area contributed by atoms with Gasteiger partial charge in [-0.3, -0.25) is 9.79 Å². The molecule has 7 nitrogen and oxygen atoms in total. The Labute approximate surface area is 174 Å². The summed E-state index contributed by atoms with van der Waals surface area (Å²) in [6.07, 6.45) is 1.41. The maximum atomic E-state index is 13.0. The van der Waals surface area contributed by atoms with Crippen LogP contribution in [0.2, 0.25) is 0 Å². The van der Waals surface area contributed by atoms with Crippen LogP contribution in [0.15, 0.2) is 64.0 Å². The van der Waals surface area contributed by atoms with E-state index in [-0.39, 0.29) is 24.1 Å². The van der Waals surface area contributed by atoms with Crippen LogP contribution in [0, 0.1) is 0 Å². The van der Waals surface area contributed by atoms with Crippen molar-refractivity contribution in [2.75, 3.05) is 18.5 Å². The number of nitrogens with zero attached hydrogens (tertiary/aromatic N) is 3. The zero-order chi connectivity index (χ0) is 20.3. The smallest absolute Gasteiger partial charge is 0.317 e. The molecule has 2 aliphatic heterocycles. The number of aliphatic imine (C=N–C) groups is 1. The number of hydrogen-bond donors (Lipinski definition) is 1. The number of carbonyl (C=O) groups is 1. The maximum Gasteiger partial charge on any atom is 0.317 e. The molecule has 5 rings (SSSR count). The summed E-state index contributed by atoms with van der Waals surface area (Å²) < 4.78 is 11.3. The molecule has 0 spiro atoms. The summed E-state index contributed by atoms with van der Waals surface area (Å²) in [6.45, 7) is 1.35. The third-order valence-corrected chi connectivity index (χ3v) is 5.46. The number of anilines is 1. The SMILES string of the molecule is O=C1Cc2ccccc2C(c2ccccc2)=N[C@@H]1Nc1nnc([C@H]2CCCOC2)o1. The molecule has 152 valence electrons. The van der Waals surface area contributed by atoms with Crippen molar-refractivity contribution in [1.82, 2.24) is 10.2 Å². The summed E-state index contributed by atoms with van der Waals surface area (Å²) in [4.78, 5) is 17.8. The van der Waals surface area contributed by atoms with E-state index in [1.54, 1.807) is 0 Å². The van der Waals surface area contributed by atoms with Gasteiger partial charge in [-0.05, 0) is 18.4 Å². The summed E-state index contributed by atoms with van der Waals surface area (Å²) in [5.74, 6) is 0.585. The van der Waals surface area contributed by atoms with E-state index >= 15 is 0 Å². The minimum atomic E-state index is -0.802. The van der Waals surface area contributed by atoms with Crippen molar-refractivity contribution >= 4 is 17.5 Å². The number of carbonyl (C=O) groups excluding carboxylic acids is 1. The van der Waals surface area contributed by atoms with Gasteiger partial charge >= 0.3 is 6.01 Å². The zero-order valence-electron chi connectivity index (χ0n) is 16.5. The molecule has 3 aromatic rings. The number of benzene rings is 2. The first-order valence-electron chi connectivity index (χ1n) is 10.2. The summed E-state index contributed by atoms with van der Waals surface area (Å²) in [6, 6.07) is 18.0. The first-order valence-corrected chi connectivity index (χ1v) is 10.2. The third-order valence-electron chi connectivity index (χ3n) is 5.46. The summed E-state index contributed by atoms with van der Waals surface area (Å²) in [5, 5.41) is 11.3. The molecule has 0 unspecified atom stereocenters. The van der Waals surface area contributed by atoms with E-state index in [1.807, 2.05) is 54.6 Å². The predicted molar refractivity (Wildman–Crippen MR) is 112 cm³/mol. The van der Waals surface area contributed by atoms with E-state index in [0.29, 0.717) is 12.5 Å². The van der Waals surface area contributed by atoms with Gasteiger partial charge in [-0.15, -0.1) is 5.10 Å². The van der Waals surface area contributed by atoms with Crippen LogP contribution >= 0.6 is 0 Å². The molecule has 0 amide bonds. The number of hydrogen-bond acceptors (Lipinski definition) is 7. The first-order chi connectivity index (χ1) is 14.8. The Hall–Kier alpha value is -3.32. The molecular formula is C23H22N4O3. The Kier molecular flexibility index (Phi) is 5.11. The molecule has 2 aromatic carbocycles. The predicted octanol–water partition coefficient (Wildman–Crippen LogP) is 3.36. The lowest BCUT2D eigenvalue weighted by Gasteiger charge is -2.18. The number of ketones is 1. The van der Waals surface area contributed by atoms with E-state index in [2.05, 4.69) is 15.5 Å². The number of rotatable bonds is 4. The van der Waals surface area contributed by atoms with Crippen LogP contribution in [0.5, 0.6) is 0 Å². The van der Waals surface area contributed by atoms with Gasteiger partial charge < -0.3 is 14.5 Å². The standard InChI is InChI=1S/C23H22N4O3/c28-19-13-16-9-4-5-11-18(16)20(15-7-2-1-3-8-15)24-21(19)25-23-27-26-22(30-23)17-10-6-12-29-14-17/h1-5,7-9,11,17,21H,6,10,12-14H2,(H,25,27)/t17-,21+/m0/s1. The molecule has 3 heterocycles. The van der Waals surface area contributed by atoms with Crippen LogP contribution < -0.4 is 5.32 Å². The molecule has 1 fully saturated rings. The van der Waals surface area contributed by atoms with Crippen molar-refractivity contribution in [3.8, 4) is 0 Å². The van der Waals surface area contributed by atoms with E-state index in [9.17, 15) is 4.79 Å². The van der Waals surface area contributed by atoms with Crippen molar-refractivity contribution in [2.24, 2.45) is 4.99 Å². The average Bonchev–Trinajstić information content (AvgIpc) is 3.21. The Morgan fingerprint density at radius 1 is 1.00 bits per heavy atom. The van der Waals surface area contributed by atoms with Gasteiger partial charge in [0.25, 0.3) is 0 Å². The molecule has 2 aliphatic rings. The number of nitrogens with one attached hydrogen (secondary N) is 1. The second kappa shape index (κ2) is 8.20. The Morgan fingerprint density at radius 3 is 2.67 bits per heavy atom. The fourth-order valence-corrected chi connectivity index (χ4v) is 3.91. The van der Waals surface area contributed by atoms with E-state index < -0.39 is 6.17 Å². The molecule has 7 heteroatoms. The fraction of sp³-hybridized carbons (Fsp3) is 0.304. The van der Waals surface area contributed by atoms with Crippen LogP contribution in [0.25, 0.3) is 0 Å². The zero-order valence-corrected chi connectivity index (χ0v) is 16.5. The van der Waals surface area contributed by atoms with Crippen molar-refractivity contribution in [2.45, 2.75) is 31.3 Å². The first kappa shape index (κ1) is 18.7. The highest BCUT2D eigenvalue weighted by Gasteiger charge is 2.28. The van der Waals surface area contributed by atoms with Crippen molar-refractivity contribution < 1.29 is 13.9 Å². The van der Waals surface area contributed by atoms with Gasteiger partial charge in [-0.25, -0.2) is 0 Å². The van der Waals surface area contributed by atoms with Crippen LogP contribution in [0.1, 0.15) is 41.3 Å². The van der Waals surface area contributed by atoms with Gasteiger partial charge in [0.15, 0.2) is 11.9 Å². The molecule has 0 radical (unpaired) electrons. The van der Waals surface area contributed by atoms with E-state index in [4.69, 9.17) is 14.1 Å². The van der Waals surface area contributed by atoms with Crippen molar-refractivity contribution in [1.29, 1.82) is 0 Å². The topological polar surface area (TPSA) is 89.6 Å². The maximum absolute atomic E-state index is 13.0. The van der Waals surface area contributed by atoms with Crippen molar-refractivity contribution in [3.63, 3.8) is 0 Å². The molecule has 2 atom stereocenters. The second-order valence-corrected chi connectivity index (χ2v) is 7.55. The largest absolute Gasteiger partial charge is 0.408 e. The van der Waals surface area contributed by atoms with Gasteiger partial charge in [0.2, 0.25) is 5.89 Å². The summed E-state index contributed by atoms with van der Waals surface area (Å²) in [7, 11) is 0. The van der Waals surface area contributed by atoms with Crippen LogP contribution in [0.4, 0.5) is 6.01 Å². The molecule has 1 saturated heterocycles. The van der Waals surface area contributed by atoms with Crippen LogP contribution in [-0.2, 0) is 16.0 Å². The molecule has 30 heavy (non-hydrogen) atoms. The highest BCUT2D eigenvalue weighted by atomic mass is 16.5. The third kappa shape index (κ3) is 3.76. The fourth-order valence-electron chi connectivity index (χ4n) is 3.91. The van der Waals surface area contributed by atoms with Gasteiger partial charge in [0, 0.05) is 24.2 Å². The molecule has 1 aromatic heterocycles. The van der Waals surface area contributed by atoms with Crippen LogP contribution in [-0.4, -0.2) is 41.1 Å². The minimum absolute atomic E-state index is 0.0471. The number of fused-ring (bicyclic) bond motifs is 1. The number of aromatic nitrogens is 2. The number of Topliss-reactive ketones (excluding diaryl/α,β-unsaturated/α-hetero) is 1. The lowest BCUT2D eigenvalue weighted by molar-refractivity contribution is -0.119. The van der Waals surface area contributed by atoms with Crippen LogP contribution in [0.3, 0.4) is 0 Å². The monoisotopic (exact) mass is 402 g/mol. The molecule has 1 N–H and O–H groups in total. The average molecular weight is 402 g/mol. The summed E-state index contributed by atoms with van der Waals surface area (Å²) in [5.41, 5.74) is 3.65. The summed E-state index contributed by atoms with van der Waals surface area (Å²) >= 11 is 0. The van der Waals surface area contributed by atoms with E-state index in [1.165, 1.54) is 0 Å². The van der Waals surface area contributed by atoms with E-state index in [0.717, 1.165) is 41.9 Å². The highest BCUT2D eigenvalue weighted by Crippen LogP contribution is 2.26. The lowest BCUT2D eigenvalue weighted by Crippen LogP contribution is -2.29. The van der Waals surface area contributed by atoms with Gasteiger partial charge in [-0.2, -0.15) is 0 Å².